The molecule has 1 nitrogen and oxygen atoms in total. The van der Waals surface area contributed by atoms with Crippen molar-refractivity contribution in [3.63, 3.8) is 0 Å². The van der Waals surface area contributed by atoms with Gasteiger partial charge in [0.1, 0.15) is 0 Å². The first-order chi connectivity index (χ1) is 7.49. The van der Waals surface area contributed by atoms with Crippen LogP contribution in [0, 0.1) is 10.8 Å². The molecule has 1 heteroatoms. The molecule has 0 aromatic rings. The third-order valence-electron chi connectivity index (χ3n) is 3.77. The fourth-order valence-corrected chi connectivity index (χ4v) is 3.75. The molecule has 1 atom stereocenters. The van der Waals surface area contributed by atoms with E-state index in [2.05, 4.69) is 53.8 Å². The average molecular weight is 239 g/mol. The lowest BCUT2D eigenvalue weighted by atomic mass is 9.74. The van der Waals surface area contributed by atoms with Crippen LogP contribution in [-0.2, 0) is 0 Å². The molecule has 1 aliphatic carbocycles. The Balaban J connectivity index is 2.52. The number of hydrogen-bond donors (Lipinski definition) is 1. The molecule has 0 bridgehead atoms. The summed E-state index contributed by atoms with van der Waals surface area (Å²) in [5.74, 6) is 0. The Morgan fingerprint density at radius 3 is 2.18 bits per heavy atom. The Hall–Kier alpha value is -0.0400. The van der Waals surface area contributed by atoms with E-state index in [0.717, 1.165) is 6.04 Å². The van der Waals surface area contributed by atoms with Crippen molar-refractivity contribution in [3.05, 3.63) is 0 Å². The molecule has 0 heterocycles. The molecule has 0 aromatic heterocycles. The highest BCUT2D eigenvalue weighted by Crippen LogP contribution is 2.36. The van der Waals surface area contributed by atoms with Crippen LogP contribution in [0.15, 0.2) is 0 Å². The third-order valence-corrected chi connectivity index (χ3v) is 3.77. The van der Waals surface area contributed by atoms with E-state index >= 15 is 0 Å². The summed E-state index contributed by atoms with van der Waals surface area (Å²) in [6.45, 7) is 16.6. The zero-order valence-corrected chi connectivity index (χ0v) is 13.1. The predicted molar refractivity (Wildman–Crippen MR) is 77.3 cm³/mol. The second kappa shape index (κ2) is 4.91. The van der Waals surface area contributed by atoms with Gasteiger partial charge in [-0.3, -0.25) is 0 Å². The molecule has 17 heavy (non-hydrogen) atoms. The number of rotatable bonds is 3. The lowest BCUT2D eigenvalue weighted by molar-refractivity contribution is 0.151. The molecule has 1 fully saturated rings. The van der Waals surface area contributed by atoms with Crippen molar-refractivity contribution in [1.82, 2.24) is 5.32 Å². The van der Waals surface area contributed by atoms with E-state index in [1.165, 1.54) is 32.1 Å². The Labute approximate surface area is 109 Å². The molecule has 0 saturated heterocycles. The van der Waals surface area contributed by atoms with Gasteiger partial charge in [0, 0.05) is 11.6 Å². The molecular weight excluding hydrogens is 206 g/mol. The largest absolute Gasteiger partial charge is 0.309 e. The zero-order valence-electron chi connectivity index (χ0n) is 13.1. The van der Waals surface area contributed by atoms with Gasteiger partial charge in [0.05, 0.1) is 0 Å². The predicted octanol–water partition coefficient (Wildman–Crippen LogP) is 4.76. The van der Waals surface area contributed by atoms with E-state index < -0.39 is 0 Å². The highest BCUT2D eigenvalue weighted by atomic mass is 15.0. The van der Waals surface area contributed by atoms with Gasteiger partial charge in [0.15, 0.2) is 0 Å². The second-order valence-electron chi connectivity index (χ2n) is 8.72. The summed E-state index contributed by atoms with van der Waals surface area (Å²) in [6.07, 6.45) is 6.70. The van der Waals surface area contributed by atoms with Gasteiger partial charge >= 0.3 is 0 Å². The van der Waals surface area contributed by atoms with Gasteiger partial charge in [-0.05, 0) is 50.4 Å². The summed E-state index contributed by atoms with van der Waals surface area (Å²) in [4.78, 5) is 0. The Morgan fingerprint density at radius 2 is 1.71 bits per heavy atom. The standard InChI is InChI=1S/C16H33N/c1-14(2,3)12-16(6,7)17-13-9-8-10-15(4,5)11-13/h13,17H,8-12H2,1-7H3. The van der Waals surface area contributed by atoms with E-state index in [4.69, 9.17) is 0 Å². The summed E-state index contributed by atoms with van der Waals surface area (Å²) in [6, 6.07) is 0.719. The minimum atomic E-state index is 0.260. The maximum Gasteiger partial charge on any atom is 0.0132 e. The fraction of sp³-hybridized carbons (Fsp3) is 1.00. The number of nitrogens with one attached hydrogen (secondary N) is 1. The molecule has 1 rings (SSSR count). The van der Waals surface area contributed by atoms with Gasteiger partial charge in [-0.1, -0.05) is 41.0 Å². The molecule has 1 N–H and O–H groups in total. The van der Waals surface area contributed by atoms with Crippen LogP contribution in [0.3, 0.4) is 0 Å². The van der Waals surface area contributed by atoms with Gasteiger partial charge in [-0.15, -0.1) is 0 Å². The summed E-state index contributed by atoms with van der Waals surface area (Å²) in [5.41, 5.74) is 1.20. The Kier molecular flexibility index (Phi) is 4.34. The average Bonchev–Trinajstić information content (AvgIpc) is 1.94. The van der Waals surface area contributed by atoms with Crippen molar-refractivity contribution < 1.29 is 0 Å². The van der Waals surface area contributed by atoms with E-state index in [9.17, 15) is 0 Å². The van der Waals surface area contributed by atoms with Crippen LogP contribution < -0.4 is 5.32 Å². The summed E-state index contributed by atoms with van der Waals surface area (Å²) < 4.78 is 0. The van der Waals surface area contributed by atoms with Crippen LogP contribution in [0.1, 0.15) is 80.6 Å². The van der Waals surface area contributed by atoms with Crippen LogP contribution in [0.5, 0.6) is 0 Å². The molecule has 1 saturated carbocycles. The van der Waals surface area contributed by atoms with Gasteiger partial charge in [-0.2, -0.15) is 0 Å². The third kappa shape index (κ3) is 5.90. The highest BCUT2D eigenvalue weighted by molar-refractivity contribution is 4.90. The normalized spacial score (nSPS) is 25.9. The lowest BCUT2D eigenvalue weighted by Crippen LogP contribution is -2.50. The lowest BCUT2D eigenvalue weighted by Gasteiger charge is -2.42. The molecule has 0 spiro atoms. The van der Waals surface area contributed by atoms with Crippen LogP contribution in [0.25, 0.3) is 0 Å². The molecule has 0 aromatic carbocycles. The van der Waals surface area contributed by atoms with Crippen molar-refractivity contribution >= 4 is 0 Å². The van der Waals surface area contributed by atoms with Crippen molar-refractivity contribution in [1.29, 1.82) is 0 Å². The van der Waals surface area contributed by atoms with Gasteiger partial charge in [0.2, 0.25) is 0 Å². The molecular formula is C16H33N. The SMILES string of the molecule is CC(C)(C)CC(C)(C)NC1CCCC(C)(C)C1. The van der Waals surface area contributed by atoms with E-state index in [-0.39, 0.29) is 5.54 Å². The molecule has 0 radical (unpaired) electrons. The van der Waals surface area contributed by atoms with Crippen LogP contribution in [0.4, 0.5) is 0 Å². The molecule has 1 unspecified atom stereocenters. The zero-order chi connectivity index (χ0) is 13.3. The first-order valence-corrected chi connectivity index (χ1v) is 7.27. The maximum atomic E-state index is 3.91. The Morgan fingerprint density at radius 1 is 1.12 bits per heavy atom. The molecule has 1 aliphatic rings. The number of hydrogen-bond acceptors (Lipinski definition) is 1. The van der Waals surface area contributed by atoms with Gasteiger partial charge < -0.3 is 5.32 Å². The minimum absolute atomic E-state index is 0.260. The van der Waals surface area contributed by atoms with Crippen LogP contribution in [0.2, 0.25) is 0 Å². The topological polar surface area (TPSA) is 12.0 Å². The molecule has 0 amide bonds. The first-order valence-electron chi connectivity index (χ1n) is 7.27. The van der Waals surface area contributed by atoms with Crippen molar-refractivity contribution in [3.8, 4) is 0 Å². The smallest absolute Gasteiger partial charge is 0.0132 e. The summed E-state index contributed by atoms with van der Waals surface area (Å²) in [5, 5.41) is 3.91. The molecule has 0 aliphatic heterocycles. The van der Waals surface area contributed by atoms with Crippen molar-refractivity contribution in [2.45, 2.75) is 92.2 Å². The van der Waals surface area contributed by atoms with Crippen LogP contribution in [-0.4, -0.2) is 11.6 Å². The fourth-order valence-electron chi connectivity index (χ4n) is 3.75. The quantitative estimate of drug-likeness (QED) is 0.749. The minimum Gasteiger partial charge on any atom is -0.309 e. The second-order valence-corrected chi connectivity index (χ2v) is 8.72. The summed E-state index contributed by atoms with van der Waals surface area (Å²) in [7, 11) is 0. The van der Waals surface area contributed by atoms with Crippen molar-refractivity contribution in [2.24, 2.45) is 10.8 Å². The van der Waals surface area contributed by atoms with Gasteiger partial charge in [0.25, 0.3) is 0 Å². The van der Waals surface area contributed by atoms with Crippen molar-refractivity contribution in [2.75, 3.05) is 0 Å². The molecule has 102 valence electrons. The van der Waals surface area contributed by atoms with E-state index in [1.54, 1.807) is 0 Å². The van der Waals surface area contributed by atoms with E-state index in [1.807, 2.05) is 0 Å². The van der Waals surface area contributed by atoms with Crippen LogP contribution >= 0.6 is 0 Å². The maximum absolute atomic E-state index is 3.91. The highest BCUT2D eigenvalue weighted by Gasteiger charge is 2.32. The van der Waals surface area contributed by atoms with Gasteiger partial charge in [-0.25, -0.2) is 0 Å². The monoisotopic (exact) mass is 239 g/mol. The Bertz CT molecular complexity index is 245. The van der Waals surface area contributed by atoms with E-state index in [0.29, 0.717) is 10.8 Å². The first kappa shape index (κ1) is 15.0. The summed E-state index contributed by atoms with van der Waals surface area (Å²) >= 11 is 0.